The van der Waals surface area contributed by atoms with Crippen molar-refractivity contribution in [3.05, 3.63) is 22.3 Å². The van der Waals surface area contributed by atoms with Crippen molar-refractivity contribution in [1.29, 1.82) is 0 Å². The molecule has 0 saturated heterocycles. The molecule has 2 N–H and O–H groups in total. The van der Waals surface area contributed by atoms with Crippen molar-refractivity contribution < 1.29 is 0 Å². The molecular weight excluding hydrogens is 220 g/mol. The fourth-order valence-corrected chi connectivity index (χ4v) is 2.49. The maximum Gasteiger partial charge on any atom is 0.0933 e. The van der Waals surface area contributed by atoms with Crippen LogP contribution in [-0.4, -0.2) is 21.3 Å². The summed E-state index contributed by atoms with van der Waals surface area (Å²) in [4.78, 5) is 4.60. The highest BCUT2D eigenvalue weighted by Crippen LogP contribution is 2.24. The zero-order valence-corrected chi connectivity index (χ0v) is 10.4. The quantitative estimate of drug-likeness (QED) is 0.879. The summed E-state index contributed by atoms with van der Waals surface area (Å²) >= 11 is 1.70. The van der Waals surface area contributed by atoms with E-state index in [-0.39, 0.29) is 0 Å². The molecule has 2 rings (SSSR count). The molecule has 0 fully saturated rings. The molecule has 16 heavy (non-hydrogen) atoms. The van der Waals surface area contributed by atoms with Crippen LogP contribution in [0.4, 0.5) is 0 Å². The summed E-state index contributed by atoms with van der Waals surface area (Å²) in [5.41, 5.74) is 8.66. The van der Waals surface area contributed by atoms with Crippen molar-refractivity contribution in [2.45, 2.75) is 19.8 Å². The molecule has 5 heteroatoms. The van der Waals surface area contributed by atoms with E-state index in [9.17, 15) is 0 Å². The van der Waals surface area contributed by atoms with Crippen LogP contribution in [0, 0.1) is 6.92 Å². The number of nitrogens with two attached hydrogens (primary N) is 1. The molecule has 0 spiro atoms. The van der Waals surface area contributed by atoms with Crippen LogP contribution in [0.5, 0.6) is 0 Å². The van der Waals surface area contributed by atoms with Crippen molar-refractivity contribution in [3.63, 3.8) is 0 Å². The van der Waals surface area contributed by atoms with Crippen LogP contribution in [-0.2, 0) is 13.5 Å². The van der Waals surface area contributed by atoms with Crippen molar-refractivity contribution >= 4 is 11.3 Å². The Morgan fingerprint density at radius 3 is 2.94 bits per heavy atom. The lowest BCUT2D eigenvalue weighted by atomic mass is 10.2. The van der Waals surface area contributed by atoms with E-state index in [0.717, 1.165) is 41.3 Å². The third-order valence-corrected chi connectivity index (χ3v) is 3.34. The van der Waals surface area contributed by atoms with Crippen molar-refractivity contribution in [2.24, 2.45) is 12.8 Å². The monoisotopic (exact) mass is 236 g/mol. The second-order valence-electron chi connectivity index (χ2n) is 3.82. The molecule has 0 saturated carbocycles. The SMILES string of the molecule is Cc1nn(C)cc1-c1csc(CCCN)n1. The summed E-state index contributed by atoms with van der Waals surface area (Å²) in [6.45, 7) is 2.73. The molecule has 0 bridgehead atoms. The van der Waals surface area contributed by atoms with Crippen LogP contribution in [0.15, 0.2) is 11.6 Å². The van der Waals surface area contributed by atoms with Crippen LogP contribution in [0.2, 0.25) is 0 Å². The number of hydrogen-bond donors (Lipinski definition) is 1. The van der Waals surface area contributed by atoms with E-state index >= 15 is 0 Å². The lowest BCUT2D eigenvalue weighted by Crippen LogP contribution is -1.99. The summed E-state index contributed by atoms with van der Waals surface area (Å²) in [5.74, 6) is 0. The first-order valence-corrected chi connectivity index (χ1v) is 6.23. The molecule has 0 aliphatic heterocycles. The smallest absolute Gasteiger partial charge is 0.0933 e. The van der Waals surface area contributed by atoms with Gasteiger partial charge in [0.15, 0.2) is 0 Å². The fraction of sp³-hybridized carbons (Fsp3) is 0.455. The maximum absolute atomic E-state index is 5.49. The van der Waals surface area contributed by atoms with E-state index in [1.165, 1.54) is 0 Å². The summed E-state index contributed by atoms with van der Waals surface area (Å²) < 4.78 is 1.82. The van der Waals surface area contributed by atoms with E-state index < -0.39 is 0 Å². The Bertz CT molecular complexity index is 472. The molecule has 0 unspecified atom stereocenters. The van der Waals surface area contributed by atoms with Gasteiger partial charge in [-0.05, 0) is 19.9 Å². The highest BCUT2D eigenvalue weighted by molar-refractivity contribution is 7.09. The minimum absolute atomic E-state index is 0.723. The first-order chi connectivity index (χ1) is 7.70. The van der Waals surface area contributed by atoms with Crippen molar-refractivity contribution in [2.75, 3.05) is 6.54 Å². The second kappa shape index (κ2) is 4.76. The van der Waals surface area contributed by atoms with Gasteiger partial charge in [0.1, 0.15) is 0 Å². The Morgan fingerprint density at radius 1 is 1.50 bits per heavy atom. The minimum Gasteiger partial charge on any atom is -0.330 e. The number of aryl methyl sites for hydroxylation is 3. The lowest BCUT2D eigenvalue weighted by Gasteiger charge is -1.93. The van der Waals surface area contributed by atoms with Gasteiger partial charge in [-0.3, -0.25) is 4.68 Å². The zero-order valence-electron chi connectivity index (χ0n) is 9.60. The Hall–Kier alpha value is -1.20. The number of hydrogen-bond acceptors (Lipinski definition) is 4. The Morgan fingerprint density at radius 2 is 2.31 bits per heavy atom. The summed E-state index contributed by atoms with van der Waals surface area (Å²) in [5, 5.41) is 7.57. The third kappa shape index (κ3) is 2.31. The van der Waals surface area contributed by atoms with E-state index in [1.54, 1.807) is 11.3 Å². The second-order valence-corrected chi connectivity index (χ2v) is 4.76. The largest absolute Gasteiger partial charge is 0.330 e. The lowest BCUT2D eigenvalue weighted by molar-refractivity contribution is 0.756. The van der Waals surface area contributed by atoms with Crippen molar-refractivity contribution in [1.82, 2.24) is 14.8 Å². The van der Waals surface area contributed by atoms with E-state index in [2.05, 4.69) is 15.5 Å². The highest BCUT2D eigenvalue weighted by atomic mass is 32.1. The van der Waals surface area contributed by atoms with Gasteiger partial charge in [0.25, 0.3) is 0 Å². The van der Waals surface area contributed by atoms with E-state index in [4.69, 9.17) is 5.73 Å². The molecule has 4 nitrogen and oxygen atoms in total. The summed E-state index contributed by atoms with van der Waals surface area (Å²) in [6, 6.07) is 0. The molecule has 0 radical (unpaired) electrons. The Kier molecular flexibility index (Phi) is 3.36. The molecule has 2 aromatic heterocycles. The minimum atomic E-state index is 0.723. The molecule has 0 amide bonds. The zero-order chi connectivity index (χ0) is 11.5. The van der Waals surface area contributed by atoms with Gasteiger partial charge < -0.3 is 5.73 Å². The third-order valence-electron chi connectivity index (χ3n) is 2.44. The van der Waals surface area contributed by atoms with E-state index in [1.807, 2.05) is 24.9 Å². The van der Waals surface area contributed by atoms with E-state index in [0.29, 0.717) is 0 Å². The summed E-state index contributed by atoms with van der Waals surface area (Å²) in [6.07, 6.45) is 3.98. The topological polar surface area (TPSA) is 56.7 Å². The van der Waals surface area contributed by atoms with Gasteiger partial charge in [-0.25, -0.2) is 4.98 Å². The molecule has 0 aliphatic carbocycles. The molecular formula is C11H16N4S. The number of nitrogens with zero attached hydrogens (tertiary/aromatic N) is 3. The fourth-order valence-electron chi connectivity index (χ4n) is 1.65. The first-order valence-electron chi connectivity index (χ1n) is 5.36. The number of rotatable bonds is 4. The predicted octanol–water partition coefficient (Wildman–Crippen LogP) is 1.74. The molecule has 0 aromatic carbocycles. The number of aromatic nitrogens is 3. The normalized spacial score (nSPS) is 10.9. The van der Waals surface area contributed by atoms with Crippen molar-refractivity contribution in [3.8, 4) is 11.3 Å². The maximum atomic E-state index is 5.49. The average Bonchev–Trinajstić information content (AvgIpc) is 2.82. The van der Waals surface area contributed by atoms with Gasteiger partial charge in [-0.2, -0.15) is 5.10 Å². The standard InChI is InChI=1S/C11H16N4S/c1-8-9(6-15(2)14-8)10-7-16-11(13-10)4-3-5-12/h6-7H,3-5,12H2,1-2H3. The number of thiazole rings is 1. The Balaban J connectivity index is 2.21. The van der Waals surface area contributed by atoms with Gasteiger partial charge in [-0.1, -0.05) is 0 Å². The summed E-state index contributed by atoms with van der Waals surface area (Å²) in [7, 11) is 1.93. The van der Waals surface area contributed by atoms with Gasteiger partial charge in [0.2, 0.25) is 0 Å². The van der Waals surface area contributed by atoms with Gasteiger partial charge in [-0.15, -0.1) is 11.3 Å². The predicted molar refractivity (Wildman–Crippen MR) is 66.4 cm³/mol. The molecule has 0 aliphatic rings. The van der Waals surface area contributed by atoms with Crippen LogP contribution < -0.4 is 5.73 Å². The van der Waals surface area contributed by atoms with Gasteiger partial charge >= 0.3 is 0 Å². The van der Waals surface area contributed by atoms with Gasteiger partial charge in [0, 0.05) is 30.6 Å². The van der Waals surface area contributed by atoms with Gasteiger partial charge in [0.05, 0.1) is 16.4 Å². The molecule has 0 atom stereocenters. The van der Waals surface area contributed by atoms with Crippen LogP contribution in [0.25, 0.3) is 11.3 Å². The first kappa shape index (κ1) is 11.3. The molecule has 2 aromatic rings. The average molecular weight is 236 g/mol. The van der Waals surface area contributed by atoms with Crippen LogP contribution >= 0.6 is 11.3 Å². The highest BCUT2D eigenvalue weighted by Gasteiger charge is 2.09. The van der Waals surface area contributed by atoms with Crippen LogP contribution in [0.3, 0.4) is 0 Å². The Labute approximate surface area is 99.1 Å². The molecule has 86 valence electrons. The molecule has 2 heterocycles. The van der Waals surface area contributed by atoms with Crippen LogP contribution in [0.1, 0.15) is 17.1 Å².